The third-order valence-electron chi connectivity index (χ3n) is 1.41. The lowest BCUT2D eigenvalue weighted by Crippen LogP contribution is -1.98. The number of aryl methyl sites for hydroxylation is 2. The Balaban J connectivity index is 3.04. The summed E-state index contributed by atoms with van der Waals surface area (Å²) >= 11 is 0. The number of hydrogen-bond donors (Lipinski definition) is 1. The standard InChI is InChI=1S/C6H11N3/c1-3-9-4-8-5(2)6(9)7/h4H,3,7H2,1-2H3. The molecule has 0 aliphatic heterocycles. The van der Waals surface area contributed by atoms with E-state index >= 15 is 0 Å². The highest BCUT2D eigenvalue weighted by Crippen LogP contribution is 2.06. The first kappa shape index (κ1) is 6.13. The zero-order chi connectivity index (χ0) is 6.85. The van der Waals surface area contributed by atoms with Crippen LogP contribution in [0.15, 0.2) is 6.33 Å². The predicted molar refractivity (Wildman–Crippen MR) is 37.1 cm³/mol. The SMILES string of the molecule is CCn1cnc(C)c1N. The van der Waals surface area contributed by atoms with Crippen molar-refractivity contribution < 1.29 is 0 Å². The molecule has 0 bridgehead atoms. The molecule has 0 spiro atoms. The largest absolute Gasteiger partial charge is 0.384 e. The molecule has 2 N–H and O–H groups in total. The van der Waals surface area contributed by atoms with Crippen molar-refractivity contribution >= 4 is 5.82 Å². The minimum atomic E-state index is 0.775. The molecule has 0 aliphatic carbocycles. The van der Waals surface area contributed by atoms with Gasteiger partial charge in [-0.3, -0.25) is 0 Å². The van der Waals surface area contributed by atoms with Gasteiger partial charge in [0.05, 0.1) is 12.0 Å². The number of nitrogen functional groups attached to an aromatic ring is 1. The molecule has 1 rings (SSSR count). The van der Waals surface area contributed by atoms with E-state index in [2.05, 4.69) is 4.98 Å². The Kier molecular flexibility index (Phi) is 1.42. The van der Waals surface area contributed by atoms with E-state index in [1.807, 2.05) is 18.4 Å². The summed E-state index contributed by atoms with van der Waals surface area (Å²) in [5, 5.41) is 0. The van der Waals surface area contributed by atoms with Crippen molar-refractivity contribution in [2.75, 3.05) is 5.73 Å². The van der Waals surface area contributed by atoms with Gasteiger partial charge < -0.3 is 10.3 Å². The Morgan fingerprint density at radius 2 is 2.44 bits per heavy atom. The minimum absolute atomic E-state index is 0.775. The maximum absolute atomic E-state index is 5.61. The number of anilines is 1. The van der Waals surface area contributed by atoms with Gasteiger partial charge in [0.2, 0.25) is 0 Å². The number of imidazole rings is 1. The molecule has 1 heterocycles. The molecule has 0 saturated carbocycles. The Morgan fingerprint density at radius 1 is 1.78 bits per heavy atom. The molecule has 0 amide bonds. The van der Waals surface area contributed by atoms with Crippen LogP contribution < -0.4 is 5.73 Å². The molecular weight excluding hydrogens is 114 g/mol. The summed E-state index contributed by atoms with van der Waals surface area (Å²) in [6.07, 6.45) is 1.75. The quantitative estimate of drug-likeness (QED) is 0.603. The van der Waals surface area contributed by atoms with Gasteiger partial charge in [-0.25, -0.2) is 4.98 Å². The lowest BCUT2D eigenvalue weighted by Gasteiger charge is -1.97. The smallest absolute Gasteiger partial charge is 0.126 e. The van der Waals surface area contributed by atoms with Gasteiger partial charge >= 0.3 is 0 Å². The highest BCUT2D eigenvalue weighted by Gasteiger charge is 1.97. The summed E-state index contributed by atoms with van der Waals surface area (Å²) in [4.78, 5) is 4.02. The van der Waals surface area contributed by atoms with Crippen molar-refractivity contribution in [1.82, 2.24) is 9.55 Å². The molecule has 3 heteroatoms. The second-order valence-electron chi connectivity index (χ2n) is 2.00. The number of nitrogens with zero attached hydrogens (tertiary/aromatic N) is 2. The normalized spacial score (nSPS) is 10.0. The van der Waals surface area contributed by atoms with Crippen LogP contribution in [0, 0.1) is 6.92 Å². The zero-order valence-corrected chi connectivity index (χ0v) is 5.76. The fourth-order valence-electron chi connectivity index (χ4n) is 0.744. The van der Waals surface area contributed by atoms with Crippen LogP contribution in [0.25, 0.3) is 0 Å². The summed E-state index contributed by atoms with van der Waals surface area (Å²) in [6, 6.07) is 0. The Hall–Kier alpha value is -0.990. The van der Waals surface area contributed by atoms with Crippen LogP contribution in [0.1, 0.15) is 12.6 Å². The highest BCUT2D eigenvalue weighted by molar-refractivity contribution is 5.34. The zero-order valence-electron chi connectivity index (χ0n) is 5.76. The summed E-state index contributed by atoms with van der Waals surface area (Å²) in [7, 11) is 0. The summed E-state index contributed by atoms with van der Waals surface area (Å²) in [5.41, 5.74) is 6.53. The van der Waals surface area contributed by atoms with Crippen molar-refractivity contribution in [2.24, 2.45) is 0 Å². The van der Waals surface area contributed by atoms with Gasteiger partial charge in [0.15, 0.2) is 0 Å². The maximum atomic E-state index is 5.61. The Labute approximate surface area is 54.5 Å². The van der Waals surface area contributed by atoms with Gasteiger partial charge in [-0.05, 0) is 13.8 Å². The first-order valence-corrected chi connectivity index (χ1v) is 3.03. The number of aromatic nitrogens is 2. The van der Waals surface area contributed by atoms with Gasteiger partial charge in [0.1, 0.15) is 5.82 Å². The molecule has 50 valence electrons. The average Bonchev–Trinajstić information content (AvgIpc) is 2.15. The van der Waals surface area contributed by atoms with Crippen LogP contribution in [0.3, 0.4) is 0 Å². The lowest BCUT2D eigenvalue weighted by atomic mass is 10.5. The first-order chi connectivity index (χ1) is 4.25. The van der Waals surface area contributed by atoms with Crippen molar-refractivity contribution in [3.8, 4) is 0 Å². The van der Waals surface area contributed by atoms with Crippen LogP contribution >= 0.6 is 0 Å². The topological polar surface area (TPSA) is 43.8 Å². The van der Waals surface area contributed by atoms with Crippen LogP contribution in [-0.2, 0) is 6.54 Å². The van der Waals surface area contributed by atoms with E-state index in [-0.39, 0.29) is 0 Å². The first-order valence-electron chi connectivity index (χ1n) is 3.03. The van der Waals surface area contributed by atoms with Gasteiger partial charge in [0.25, 0.3) is 0 Å². The van der Waals surface area contributed by atoms with Crippen LogP contribution in [0.2, 0.25) is 0 Å². The van der Waals surface area contributed by atoms with Crippen molar-refractivity contribution in [2.45, 2.75) is 20.4 Å². The van der Waals surface area contributed by atoms with E-state index in [1.54, 1.807) is 6.33 Å². The molecule has 3 nitrogen and oxygen atoms in total. The number of rotatable bonds is 1. The maximum Gasteiger partial charge on any atom is 0.126 e. The molecule has 0 atom stereocenters. The van der Waals surface area contributed by atoms with Gasteiger partial charge in [-0.15, -0.1) is 0 Å². The predicted octanol–water partition coefficient (Wildman–Crippen LogP) is 0.794. The second-order valence-corrected chi connectivity index (χ2v) is 2.00. The molecule has 0 aromatic carbocycles. The number of nitrogens with two attached hydrogens (primary N) is 1. The van der Waals surface area contributed by atoms with Crippen molar-refractivity contribution in [3.05, 3.63) is 12.0 Å². The van der Waals surface area contributed by atoms with Gasteiger partial charge in [-0.1, -0.05) is 0 Å². The minimum Gasteiger partial charge on any atom is -0.384 e. The molecule has 9 heavy (non-hydrogen) atoms. The lowest BCUT2D eigenvalue weighted by molar-refractivity contribution is 0.771. The summed E-state index contributed by atoms with van der Waals surface area (Å²) in [5.74, 6) is 0.775. The molecule has 0 saturated heterocycles. The van der Waals surface area contributed by atoms with Crippen molar-refractivity contribution in [1.29, 1.82) is 0 Å². The highest BCUT2D eigenvalue weighted by atomic mass is 15.1. The van der Waals surface area contributed by atoms with Crippen molar-refractivity contribution in [3.63, 3.8) is 0 Å². The van der Waals surface area contributed by atoms with Crippen LogP contribution in [0.4, 0.5) is 5.82 Å². The van der Waals surface area contributed by atoms with E-state index < -0.39 is 0 Å². The fourth-order valence-corrected chi connectivity index (χ4v) is 0.744. The third kappa shape index (κ3) is 0.896. The van der Waals surface area contributed by atoms with Crippen LogP contribution in [-0.4, -0.2) is 9.55 Å². The van der Waals surface area contributed by atoms with E-state index in [1.165, 1.54) is 0 Å². The molecule has 1 aromatic rings. The molecule has 0 unspecified atom stereocenters. The van der Waals surface area contributed by atoms with E-state index in [0.29, 0.717) is 0 Å². The monoisotopic (exact) mass is 125 g/mol. The number of hydrogen-bond acceptors (Lipinski definition) is 2. The van der Waals surface area contributed by atoms with E-state index in [4.69, 9.17) is 5.73 Å². The molecule has 0 aliphatic rings. The summed E-state index contributed by atoms with van der Waals surface area (Å²) in [6.45, 7) is 4.84. The van der Waals surface area contributed by atoms with E-state index in [9.17, 15) is 0 Å². The van der Waals surface area contributed by atoms with Crippen LogP contribution in [0.5, 0.6) is 0 Å². The third-order valence-corrected chi connectivity index (χ3v) is 1.41. The second kappa shape index (κ2) is 2.09. The Bertz CT molecular complexity index is 202. The van der Waals surface area contributed by atoms with E-state index in [0.717, 1.165) is 18.1 Å². The molecule has 1 aromatic heterocycles. The average molecular weight is 125 g/mol. The summed E-state index contributed by atoms with van der Waals surface area (Å²) < 4.78 is 1.91. The van der Waals surface area contributed by atoms with Gasteiger partial charge in [0, 0.05) is 6.54 Å². The molecule has 0 fully saturated rings. The van der Waals surface area contributed by atoms with Gasteiger partial charge in [-0.2, -0.15) is 0 Å². The molecular formula is C6H11N3. The Morgan fingerprint density at radius 3 is 2.67 bits per heavy atom. The fraction of sp³-hybridized carbons (Fsp3) is 0.500. The molecule has 0 radical (unpaired) electrons.